The summed E-state index contributed by atoms with van der Waals surface area (Å²) in [4.78, 5) is 11.7. The predicted molar refractivity (Wildman–Crippen MR) is 116 cm³/mol. The fraction of sp³-hybridized carbons (Fsp3) is 0.435. The van der Waals surface area contributed by atoms with Crippen LogP contribution in [0.3, 0.4) is 0 Å². The van der Waals surface area contributed by atoms with Crippen molar-refractivity contribution < 1.29 is 14.6 Å². The van der Waals surface area contributed by atoms with Crippen LogP contribution in [0, 0.1) is 0 Å². The van der Waals surface area contributed by atoms with Gasteiger partial charge in [0.2, 0.25) is 0 Å². The normalized spacial score (nSPS) is 17.7. The monoisotopic (exact) mass is 421 g/mol. The molecule has 5 rings (SSSR count). The number of nitrogens with zero attached hydrogens (tertiary/aromatic N) is 5. The third kappa shape index (κ3) is 4.19. The summed E-state index contributed by atoms with van der Waals surface area (Å²) in [6, 6.07) is 14.3. The summed E-state index contributed by atoms with van der Waals surface area (Å²) in [6.07, 6.45) is 1.73. The Kier molecular flexibility index (Phi) is 5.67. The number of benzene rings is 1. The van der Waals surface area contributed by atoms with Crippen LogP contribution >= 0.6 is 0 Å². The van der Waals surface area contributed by atoms with E-state index in [1.165, 1.54) is 0 Å². The molecule has 1 aliphatic carbocycles. The quantitative estimate of drug-likeness (QED) is 0.628. The highest BCUT2D eigenvalue weighted by atomic mass is 16.5. The Morgan fingerprint density at radius 1 is 1.10 bits per heavy atom. The van der Waals surface area contributed by atoms with Gasteiger partial charge in [0.25, 0.3) is 0 Å². The molecule has 162 valence electrons. The molecule has 0 radical (unpaired) electrons. The van der Waals surface area contributed by atoms with Gasteiger partial charge in [-0.15, -0.1) is 0 Å². The third-order valence-corrected chi connectivity index (χ3v) is 5.81. The molecule has 8 nitrogen and oxygen atoms in total. The van der Waals surface area contributed by atoms with Crippen molar-refractivity contribution in [1.29, 1.82) is 0 Å². The Balaban J connectivity index is 1.61. The van der Waals surface area contributed by atoms with Crippen LogP contribution in [0.1, 0.15) is 36.4 Å². The first-order chi connectivity index (χ1) is 15.3. The van der Waals surface area contributed by atoms with Crippen molar-refractivity contribution in [1.82, 2.24) is 19.7 Å². The number of ether oxygens (including phenoxy) is 2. The van der Waals surface area contributed by atoms with Gasteiger partial charge in [-0.25, -0.2) is 14.6 Å². The van der Waals surface area contributed by atoms with E-state index in [0.29, 0.717) is 30.8 Å². The van der Waals surface area contributed by atoms with Crippen molar-refractivity contribution in [2.45, 2.75) is 24.9 Å². The average molecular weight is 422 g/mol. The molecular weight excluding hydrogens is 394 g/mol. The zero-order valence-electron chi connectivity index (χ0n) is 17.6. The van der Waals surface area contributed by atoms with Crippen molar-refractivity contribution >= 4 is 5.82 Å². The van der Waals surface area contributed by atoms with E-state index in [9.17, 15) is 5.11 Å². The zero-order valence-corrected chi connectivity index (χ0v) is 17.6. The number of hydrogen-bond acceptors (Lipinski definition) is 7. The maximum absolute atomic E-state index is 9.79. The molecule has 2 fully saturated rings. The lowest BCUT2D eigenvalue weighted by molar-refractivity contribution is 0.0422. The molecule has 3 aromatic rings. The van der Waals surface area contributed by atoms with Crippen LogP contribution in [0.15, 0.2) is 42.5 Å². The van der Waals surface area contributed by atoms with E-state index in [1.807, 2.05) is 28.9 Å². The summed E-state index contributed by atoms with van der Waals surface area (Å²) in [5.41, 5.74) is 3.17. The van der Waals surface area contributed by atoms with Gasteiger partial charge in [-0.1, -0.05) is 30.3 Å². The largest absolute Gasteiger partial charge is 0.393 e. The standard InChI is InChI=1S/C23H27N5O3/c1-30-20(15-29)23-24-21(27-9-11-31-12-10-27)14-22(25-23)28-19(17-7-8-17)13-18(26-28)16-5-3-2-4-6-16/h2-6,13-14,17,20,29H,7-12,15H2,1H3/t20-/m1/s1. The molecule has 1 aliphatic heterocycles. The number of morpholine rings is 1. The SMILES string of the molecule is CO[C@H](CO)c1nc(N2CCOCC2)cc(-n2nc(-c3ccccc3)cc2C2CC2)n1. The van der Waals surface area contributed by atoms with Gasteiger partial charge in [-0.05, 0) is 18.9 Å². The van der Waals surface area contributed by atoms with Gasteiger partial charge >= 0.3 is 0 Å². The van der Waals surface area contributed by atoms with Gasteiger partial charge in [-0.2, -0.15) is 5.10 Å². The van der Waals surface area contributed by atoms with Gasteiger partial charge in [0.15, 0.2) is 11.6 Å². The minimum absolute atomic E-state index is 0.188. The molecule has 1 saturated heterocycles. The van der Waals surface area contributed by atoms with Gasteiger partial charge in [-0.3, -0.25) is 0 Å². The highest BCUT2D eigenvalue weighted by molar-refractivity contribution is 5.60. The van der Waals surface area contributed by atoms with Gasteiger partial charge < -0.3 is 19.5 Å². The summed E-state index contributed by atoms with van der Waals surface area (Å²) in [7, 11) is 1.56. The third-order valence-electron chi connectivity index (χ3n) is 5.81. The Morgan fingerprint density at radius 3 is 2.52 bits per heavy atom. The minimum Gasteiger partial charge on any atom is -0.393 e. The van der Waals surface area contributed by atoms with Crippen molar-refractivity contribution in [3.8, 4) is 17.1 Å². The molecule has 8 heteroatoms. The van der Waals surface area contributed by atoms with Crippen LogP contribution in [0.4, 0.5) is 5.82 Å². The number of aromatic nitrogens is 4. The van der Waals surface area contributed by atoms with Gasteiger partial charge in [0.05, 0.1) is 25.5 Å². The molecule has 2 aromatic heterocycles. The van der Waals surface area contributed by atoms with E-state index >= 15 is 0 Å². The molecule has 1 atom stereocenters. The second-order valence-electron chi connectivity index (χ2n) is 7.96. The van der Waals surface area contributed by atoms with Crippen LogP contribution < -0.4 is 4.90 Å². The fourth-order valence-corrected chi connectivity index (χ4v) is 3.91. The van der Waals surface area contributed by atoms with Gasteiger partial charge in [0, 0.05) is 43.4 Å². The first-order valence-electron chi connectivity index (χ1n) is 10.8. The second kappa shape index (κ2) is 8.74. The highest BCUT2D eigenvalue weighted by Gasteiger charge is 2.30. The first-order valence-corrected chi connectivity index (χ1v) is 10.8. The van der Waals surface area contributed by atoms with Crippen molar-refractivity contribution in [3.63, 3.8) is 0 Å². The summed E-state index contributed by atoms with van der Waals surface area (Å²) in [5, 5.41) is 14.7. The van der Waals surface area contributed by atoms with Crippen LogP contribution in [0.2, 0.25) is 0 Å². The second-order valence-corrected chi connectivity index (χ2v) is 7.96. The van der Waals surface area contributed by atoms with E-state index in [4.69, 9.17) is 24.5 Å². The maximum Gasteiger partial charge on any atom is 0.164 e. The molecule has 31 heavy (non-hydrogen) atoms. The van der Waals surface area contributed by atoms with Crippen molar-refractivity contribution in [2.75, 3.05) is 44.9 Å². The number of rotatable bonds is 7. The number of methoxy groups -OCH3 is 1. The Hall–Kier alpha value is -2.81. The van der Waals surface area contributed by atoms with E-state index in [-0.39, 0.29) is 6.61 Å². The smallest absolute Gasteiger partial charge is 0.164 e. The predicted octanol–water partition coefficient (Wildman–Crippen LogP) is 2.72. The number of aliphatic hydroxyl groups is 1. The lowest BCUT2D eigenvalue weighted by Gasteiger charge is -2.28. The highest BCUT2D eigenvalue weighted by Crippen LogP contribution is 2.42. The summed E-state index contributed by atoms with van der Waals surface area (Å²) < 4.78 is 12.9. The van der Waals surface area contributed by atoms with Crippen LogP contribution in [0.5, 0.6) is 0 Å². The molecule has 0 spiro atoms. The number of aliphatic hydroxyl groups excluding tert-OH is 1. The maximum atomic E-state index is 9.79. The zero-order chi connectivity index (χ0) is 21.2. The van der Waals surface area contributed by atoms with Crippen molar-refractivity contribution in [3.05, 3.63) is 54.0 Å². The molecule has 1 saturated carbocycles. The van der Waals surface area contributed by atoms with E-state index in [1.54, 1.807) is 7.11 Å². The van der Waals surface area contributed by atoms with E-state index in [2.05, 4.69) is 23.1 Å². The topological polar surface area (TPSA) is 85.5 Å². The lowest BCUT2D eigenvalue weighted by Crippen LogP contribution is -2.37. The molecule has 0 bridgehead atoms. The lowest BCUT2D eigenvalue weighted by atomic mass is 10.1. The van der Waals surface area contributed by atoms with Crippen LogP contribution in [0.25, 0.3) is 17.1 Å². The first kappa shape index (κ1) is 20.1. The van der Waals surface area contributed by atoms with Crippen LogP contribution in [-0.4, -0.2) is 64.9 Å². The molecule has 0 amide bonds. The average Bonchev–Trinajstić information content (AvgIpc) is 3.58. The molecule has 0 unspecified atom stereocenters. The summed E-state index contributed by atoms with van der Waals surface area (Å²) >= 11 is 0. The number of hydrogen-bond donors (Lipinski definition) is 1. The van der Waals surface area contributed by atoms with Gasteiger partial charge in [0.1, 0.15) is 11.9 Å². The Morgan fingerprint density at radius 2 is 1.84 bits per heavy atom. The molecule has 3 heterocycles. The molecule has 2 aliphatic rings. The van der Waals surface area contributed by atoms with Crippen molar-refractivity contribution in [2.24, 2.45) is 0 Å². The fourth-order valence-electron chi connectivity index (χ4n) is 3.91. The number of anilines is 1. The minimum atomic E-state index is -0.590. The Labute approximate surface area is 181 Å². The summed E-state index contributed by atoms with van der Waals surface area (Å²) in [5.74, 6) is 2.46. The molecule has 1 N–H and O–H groups in total. The Bertz CT molecular complexity index is 1020. The summed E-state index contributed by atoms with van der Waals surface area (Å²) in [6.45, 7) is 2.66. The van der Waals surface area contributed by atoms with E-state index < -0.39 is 6.10 Å². The van der Waals surface area contributed by atoms with E-state index in [0.717, 1.165) is 48.7 Å². The molecular formula is C23H27N5O3. The van der Waals surface area contributed by atoms with Crippen LogP contribution in [-0.2, 0) is 9.47 Å². The molecule has 1 aromatic carbocycles.